The Morgan fingerprint density at radius 1 is 1.11 bits per heavy atom. The molecule has 0 saturated heterocycles. The Morgan fingerprint density at radius 2 is 1.79 bits per heavy atom. The van der Waals surface area contributed by atoms with E-state index < -0.39 is 0 Å². The summed E-state index contributed by atoms with van der Waals surface area (Å²) in [7, 11) is 0. The van der Waals surface area contributed by atoms with Crippen LogP contribution in [0.1, 0.15) is 11.1 Å². The van der Waals surface area contributed by atoms with Gasteiger partial charge in [0, 0.05) is 16.6 Å². The average Bonchev–Trinajstić information content (AvgIpc) is 2.40. The summed E-state index contributed by atoms with van der Waals surface area (Å²) in [5, 5.41) is 12.4. The molecular formula is C15H14BrNO2. The molecule has 0 spiro atoms. The molecule has 2 rings (SSSR count). The Bertz CT molecular complexity index is 567. The van der Waals surface area contributed by atoms with E-state index in [2.05, 4.69) is 21.2 Å². The predicted octanol–water partition coefficient (Wildman–Crippen LogP) is 3.01. The number of amides is 1. The Labute approximate surface area is 120 Å². The summed E-state index contributed by atoms with van der Waals surface area (Å²) < 4.78 is 0.992. The molecule has 1 amide bonds. The Balaban J connectivity index is 1.88. The van der Waals surface area contributed by atoms with Crippen LogP contribution in [0.2, 0.25) is 0 Å². The van der Waals surface area contributed by atoms with Crippen molar-refractivity contribution in [2.24, 2.45) is 0 Å². The lowest BCUT2D eigenvalue weighted by Gasteiger charge is -2.07. The third-order valence-electron chi connectivity index (χ3n) is 2.75. The summed E-state index contributed by atoms with van der Waals surface area (Å²) in [6.45, 7) is 0.335. The van der Waals surface area contributed by atoms with E-state index in [0.29, 0.717) is 18.5 Å². The van der Waals surface area contributed by atoms with E-state index in [1.807, 2.05) is 30.3 Å². The molecular weight excluding hydrogens is 306 g/mol. The molecule has 0 aliphatic carbocycles. The van der Waals surface area contributed by atoms with Crippen molar-refractivity contribution in [3.63, 3.8) is 0 Å². The van der Waals surface area contributed by atoms with Crippen LogP contribution < -0.4 is 5.32 Å². The zero-order valence-electron chi connectivity index (χ0n) is 10.3. The van der Waals surface area contributed by atoms with Crippen LogP contribution in [0.25, 0.3) is 0 Å². The van der Waals surface area contributed by atoms with Gasteiger partial charge in [-0.1, -0.05) is 46.3 Å². The number of carbonyl (C=O) groups is 1. The summed E-state index contributed by atoms with van der Waals surface area (Å²) >= 11 is 3.35. The highest BCUT2D eigenvalue weighted by molar-refractivity contribution is 9.10. The largest absolute Gasteiger partial charge is 0.508 e. The number of nitrogens with one attached hydrogen (secondary N) is 1. The van der Waals surface area contributed by atoms with Crippen LogP contribution in [0, 0.1) is 0 Å². The van der Waals surface area contributed by atoms with Crippen molar-refractivity contribution in [3.8, 4) is 5.75 Å². The van der Waals surface area contributed by atoms with Crippen LogP contribution in [-0.4, -0.2) is 11.0 Å². The molecule has 0 aliphatic rings. The second-order valence-electron chi connectivity index (χ2n) is 4.21. The smallest absolute Gasteiger partial charge is 0.224 e. The van der Waals surface area contributed by atoms with Crippen LogP contribution in [0.15, 0.2) is 53.0 Å². The van der Waals surface area contributed by atoms with Gasteiger partial charge in [-0.2, -0.15) is 0 Å². The third-order valence-corrected chi connectivity index (χ3v) is 3.27. The standard InChI is InChI=1S/C15H14BrNO2/c16-13-7-5-11(6-8-13)9-15(19)17-10-12-3-1-2-4-14(12)18/h1-8,18H,9-10H2,(H,17,19). The number of aromatic hydroxyl groups is 1. The van der Waals surface area contributed by atoms with Gasteiger partial charge in [-0.25, -0.2) is 0 Å². The summed E-state index contributed by atoms with van der Waals surface area (Å²) in [6.07, 6.45) is 0.334. The van der Waals surface area contributed by atoms with Gasteiger partial charge in [0.25, 0.3) is 0 Å². The molecule has 0 heterocycles. The van der Waals surface area contributed by atoms with Gasteiger partial charge in [-0.3, -0.25) is 4.79 Å². The molecule has 3 nitrogen and oxygen atoms in total. The third kappa shape index (κ3) is 4.10. The van der Waals surface area contributed by atoms with Gasteiger partial charge in [0.2, 0.25) is 5.91 Å². The lowest BCUT2D eigenvalue weighted by atomic mass is 10.1. The first-order chi connectivity index (χ1) is 9.15. The van der Waals surface area contributed by atoms with E-state index in [4.69, 9.17) is 0 Å². The van der Waals surface area contributed by atoms with Crippen LogP contribution >= 0.6 is 15.9 Å². The van der Waals surface area contributed by atoms with Crippen molar-refractivity contribution in [1.29, 1.82) is 0 Å². The maximum atomic E-state index is 11.8. The molecule has 19 heavy (non-hydrogen) atoms. The monoisotopic (exact) mass is 319 g/mol. The zero-order valence-corrected chi connectivity index (χ0v) is 11.9. The van der Waals surface area contributed by atoms with Gasteiger partial charge < -0.3 is 10.4 Å². The number of phenols is 1. The first-order valence-corrected chi connectivity index (χ1v) is 6.72. The van der Waals surface area contributed by atoms with E-state index >= 15 is 0 Å². The van der Waals surface area contributed by atoms with Gasteiger partial charge in [-0.05, 0) is 23.8 Å². The summed E-state index contributed by atoms with van der Waals surface area (Å²) in [6, 6.07) is 14.6. The van der Waals surface area contributed by atoms with Gasteiger partial charge in [0.05, 0.1) is 6.42 Å². The Kier molecular flexibility index (Phi) is 4.58. The molecule has 0 atom stereocenters. The minimum atomic E-state index is -0.0643. The van der Waals surface area contributed by atoms with E-state index in [9.17, 15) is 9.90 Å². The van der Waals surface area contributed by atoms with Crippen molar-refractivity contribution in [2.45, 2.75) is 13.0 Å². The van der Waals surface area contributed by atoms with Gasteiger partial charge in [0.1, 0.15) is 5.75 Å². The molecule has 2 N–H and O–H groups in total. The molecule has 0 bridgehead atoms. The number of halogens is 1. The number of hydrogen-bond acceptors (Lipinski definition) is 2. The summed E-state index contributed by atoms with van der Waals surface area (Å²) in [5.74, 6) is 0.136. The molecule has 4 heteroatoms. The van der Waals surface area contributed by atoms with E-state index in [-0.39, 0.29) is 11.7 Å². The maximum absolute atomic E-state index is 11.8. The van der Waals surface area contributed by atoms with Gasteiger partial charge in [-0.15, -0.1) is 0 Å². The van der Waals surface area contributed by atoms with Crippen molar-refractivity contribution in [2.75, 3.05) is 0 Å². The van der Waals surface area contributed by atoms with E-state index in [1.165, 1.54) is 0 Å². The fourth-order valence-corrected chi connectivity index (χ4v) is 1.97. The van der Waals surface area contributed by atoms with Crippen LogP contribution in [-0.2, 0) is 17.8 Å². The molecule has 0 aliphatic heterocycles. The fourth-order valence-electron chi connectivity index (χ4n) is 1.70. The highest BCUT2D eigenvalue weighted by atomic mass is 79.9. The second-order valence-corrected chi connectivity index (χ2v) is 5.12. The Hall–Kier alpha value is -1.81. The topological polar surface area (TPSA) is 49.3 Å². The molecule has 0 unspecified atom stereocenters. The van der Waals surface area contributed by atoms with Crippen LogP contribution in [0.5, 0.6) is 5.75 Å². The highest BCUT2D eigenvalue weighted by Crippen LogP contribution is 2.15. The summed E-state index contributed by atoms with van der Waals surface area (Å²) in [5.41, 5.74) is 1.67. The number of hydrogen-bond donors (Lipinski definition) is 2. The first-order valence-electron chi connectivity index (χ1n) is 5.93. The van der Waals surface area contributed by atoms with E-state index in [0.717, 1.165) is 10.0 Å². The SMILES string of the molecule is O=C(Cc1ccc(Br)cc1)NCc1ccccc1O. The predicted molar refractivity (Wildman–Crippen MR) is 77.8 cm³/mol. The fraction of sp³-hybridized carbons (Fsp3) is 0.133. The number of phenolic OH excluding ortho intramolecular Hbond substituents is 1. The normalized spacial score (nSPS) is 10.2. The number of para-hydroxylation sites is 1. The number of benzene rings is 2. The van der Waals surface area contributed by atoms with Gasteiger partial charge in [0.15, 0.2) is 0 Å². The molecule has 0 aromatic heterocycles. The molecule has 2 aromatic carbocycles. The lowest BCUT2D eigenvalue weighted by molar-refractivity contribution is -0.120. The number of carbonyl (C=O) groups excluding carboxylic acids is 1. The van der Waals surface area contributed by atoms with Crippen molar-refractivity contribution in [3.05, 3.63) is 64.1 Å². The molecule has 98 valence electrons. The Morgan fingerprint density at radius 3 is 2.47 bits per heavy atom. The summed E-state index contributed by atoms with van der Waals surface area (Å²) in [4.78, 5) is 11.8. The quantitative estimate of drug-likeness (QED) is 0.910. The van der Waals surface area contributed by atoms with Crippen LogP contribution in [0.4, 0.5) is 0 Å². The highest BCUT2D eigenvalue weighted by Gasteiger charge is 2.05. The second kappa shape index (κ2) is 6.38. The molecule has 0 radical (unpaired) electrons. The minimum absolute atomic E-state index is 0.0643. The maximum Gasteiger partial charge on any atom is 0.224 e. The average molecular weight is 320 g/mol. The minimum Gasteiger partial charge on any atom is -0.508 e. The van der Waals surface area contributed by atoms with Crippen molar-refractivity contribution >= 4 is 21.8 Å². The lowest BCUT2D eigenvalue weighted by Crippen LogP contribution is -2.24. The molecule has 2 aromatic rings. The van der Waals surface area contributed by atoms with Crippen molar-refractivity contribution < 1.29 is 9.90 Å². The molecule has 0 fully saturated rings. The van der Waals surface area contributed by atoms with E-state index in [1.54, 1.807) is 18.2 Å². The molecule has 0 saturated carbocycles. The zero-order chi connectivity index (χ0) is 13.7. The van der Waals surface area contributed by atoms with Crippen molar-refractivity contribution in [1.82, 2.24) is 5.32 Å². The van der Waals surface area contributed by atoms with Crippen LogP contribution in [0.3, 0.4) is 0 Å². The first kappa shape index (κ1) is 13.6. The number of rotatable bonds is 4. The van der Waals surface area contributed by atoms with Gasteiger partial charge >= 0.3 is 0 Å².